The molecule has 1 aliphatic carbocycles. The van der Waals surface area contributed by atoms with Crippen LogP contribution in [0.1, 0.15) is 30.4 Å². The van der Waals surface area contributed by atoms with Gasteiger partial charge in [-0.1, -0.05) is 6.42 Å². The number of nitrogens with one attached hydrogen (secondary N) is 1. The molecular formula is C21H22F3N3O2. The summed E-state index contributed by atoms with van der Waals surface area (Å²) < 4.78 is 38.3. The van der Waals surface area contributed by atoms with E-state index in [-0.39, 0.29) is 12.4 Å². The van der Waals surface area contributed by atoms with Gasteiger partial charge in [-0.25, -0.2) is 18.2 Å². The Morgan fingerprint density at radius 3 is 2.41 bits per heavy atom. The number of phenolic OH excluding ortho intramolecular Hbond substituents is 1. The summed E-state index contributed by atoms with van der Waals surface area (Å²) in [6.07, 6.45) is 5.14. The number of pyridine rings is 1. The number of fused-ring (bicyclic) bond motifs is 1. The second-order valence-electron chi connectivity index (χ2n) is 6.91. The third-order valence-electron chi connectivity index (χ3n) is 4.94. The van der Waals surface area contributed by atoms with E-state index in [2.05, 4.69) is 10.3 Å². The van der Waals surface area contributed by atoms with Crippen LogP contribution >= 0.6 is 0 Å². The van der Waals surface area contributed by atoms with Crippen molar-refractivity contribution in [1.29, 1.82) is 0 Å². The molecule has 0 unspecified atom stereocenters. The van der Waals surface area contributed by atoms with Crippen molar-refractivity contribution >= 4 is 16.6 Å². The zero-order chi connectivity index (χ0) is 21.0. The SMILES string of the molecule is Nc1cc2c(CNC3CCC3)c(F)cc(CO)c2cn1.Oc1ccc(F)cc1F. The topological polar surface area (TPSA) is 91.4 Å². The first-order valence-corrected chi connectivity index (χ1v) is 9.22. The predicted molar refractivity (Wildman–Crippen MR) is 105 cm³/mol. The van der Waals surface area contributed by atoms with Crippen molar-refractivity contribution in [3.63, 3.8) is 0 Å². The fraction of sp³-hybridized carbons (Fsp3) is 0.286. The maximum atomic E-state index is 14.3. The van der Waals surface area contributed by atoms with E-state index in [9.17, 15) is 18.3 Å². The first-order valence-electron chi connectivity index (χ1n) is 9.22. The smallest absolute Gasteiger partial charge is 0.167 e. The van der Waals surface area contributed by atoms with E-state index in [4.69, 9.17) is 10.8 Å². The van der Waals surface area contributed by atoms with Gasteiger partial charge >= 0.3 is 0 Å². The predicted octanol–water partition coefficient (Wildman–Crippen LogP) is 3.76. The molecule has 3 aromatic rings. The minimum atomic E-state index is -0.935. The summed E-state index contributed by atoms with van der Waals surface area (Å²) in [6.45, 7) is 0.261. The summed E-state index contributed by atoms with van der Waals surface area (Å²) in [4.78, 5) is 4.03. The molecule has 1 aliphatic rings. The highest BCUT2D eigenvalue weighted by molar-refractivity contribution is 5.89. The van der Waals surface area contributed by atoms with E-state index >= 15 is 0 Å². The number of rotatable bonds is 4. The minimum Gasteiger partial charge on any atom is -0.505 e. The molecule has 1 aromatic heterocycles. The maximum absolute atomic E-state index is 14.3. The number of hydrogen-bond acceptors (Lipinski definition) is 5. The Kier molecular flexibility index (Phi) is 6.56. The van der Waals surface area contributed by atoms with Gasteiger partial charge in [0.05, 0.1) is 6.61 Å². The van der Waals surface area contributed by atoms with Crippen LogP contribution in [0.15, 0.2) is 36.5 Å². The first-order chi connectivity index (χ1) is 13.9. The second kappa shape index (κ2) is 9.11. The average molecular weight is 405 g/mol. The van der Waals surface area contributed by atoms with Crippen LogP contribution in [0.3, 0.4) is 0 Å². The van der Waals surface area contributed by atoms with Gasteiger partial charge in [0.1, 0.15) is 17.5 Å². The number of nitrogen functional groups attached to an aromatic ring is 1. The molecule has 29 heavy (non-hydrogen) atoms. The molecule has 1 fully saturated rings. The fourth-order valence-corrected chi connectivity index (χ4v) is 3.07. The quantitative estimate of drug-likeness (QED) is 0.531. The van der Waals surface area contributed by atoms with Gasteiger partial charge in [0, 0.05) is 35.8 Å². The minimum absolute atomic E-state index is 0.213. The summed E-state index contributed by atoms with van der Waals surface area (Å²) in [5, 5.41) is 22.7. The zero-order valence-electron chi connectivity index (χ0n) is 15.6. The molecule has 0 saturated heterocycles. The van der Waals surface area contributed by atoms with Gasteiger partial charge in [-0.15, -0.1) is 0 Å². The average Bonchev–Trinajstić information content (AvgIpc) is 2.65. The highest BCUT2D eigenvalue weighted by Crippen LogP contribution is 2.27. The van der Waals surface area contributed by atoms with Crippen molar-refractivity contribution in [2.45, 2.75) is 38.5 Å². The molecule has 2 aromatic carbocycles. The summed E-state index contributed by atoms with van der Waals surface area (Å²) in [5.41, 5.74) is 6.85. The molecule has 0 bridgehead atoms. The summed E-state index contributed by atoms with van der Waals surface area (Å²) in [7, 11) is 0. The van der Waals surface area contributed by atoms with E-state index in [1.807, 2.05) is 0 Å². The molecule has 8 heteroatoms. The Hall–Kier alpha value is -2.84. The van der Waals surface area contributed by atoms with Crippen LogP contribution in [-0.2, 0) is 13.2 Å². The van der Waals surface area contributed by atoms with Gasteiger partial charge in [-0.05, 0) is 48.1 Å². The molecule has 154 valence electrons. The van der Waals surface area contributed by atoms with Crippen LogP contribution in [0.5, 0.6) is 5.75 Å². The Morgan fingerprint density at radius 2 is 1.83 bits per heavy atom. The lowest BCUT2D eigenvalue weighted by atomic mass is 9.92. The lowest BCUT2D eigenvalue weighted by Crippen LogP contribution is -2.34. The maximum Gasteiger partial charge on any atom is 0.167 e. The normalized spacial score (nSPS) is 13.7. The standard InChI is InChI=1S/C15H18FN3O.C6H4F2O/c16-14-4-9(8-20)12-6-19-15(17)5-11(12)13(14)7-18-10-2-1-3-10;7-4-1-2-6(9)5(8)3-4/h4-6,10,18,20H,1-3,7-8H2,(H2,17,19);1-3,9H. The van der Waals surface area contributed by atoms with Crippen LogP contribution in [0.4, 0.5) is 19.0 Å². The summed E-state index contributed by atoms with van der Waals surface area (Å²) in [6, 6.07) is 6.12. The van der Waals surface area contributed by atoms with Gasteiger partial charge < -0.3 is 21.3 Å². The number of phenols is 1. The van der Waals surface area contributed by atoms with Crippen LogP contribution in [0.25, 0.3) is 10.8 Å². The van der Waals surface area contributed by atoms with Gasteiger partial charge in [0.15, 0.2) is 11.6 Å². The number of aromatic nitrogens is 1. The molecule has 0 radical (unpaired) electrons. The molecule has 0 aliphatic heterocycles. The van der Waals surface area contributed by atoms with Gasteiger partial charge in [-0.2, -0.15) is 0 Å². The van der Waals surface area contributed by atoms with E-state index in [0.717, 1.165) is 35.7 Å². The van der Waals surface area contributed by atoms with Crippen molar-refractivity contribution in [1.82, 2.24) is 10.3 Å². The Labute approximate surface area is 166 Å². The lowest BCUT2D eigenvalue weighted by Gasteiger charge is -2.27. The number of anilines is 1. The number of aromatic hydroxyl groups is 1. The van der Waals surface area contributed by atoms with Crippen molar-refractivity contribution in [3.8, 4) is 5.75 Å². The first kappa shape index (κ1) is 20.9. The Bertz CT molecular complexity index is 1010. The van der Waals surface area contributed by atoms with E-state index in [1.165, 1.54) is 12.5 Å². The highest BCUT2D eigenvalue weighted by Gasteiger charge is 2.19. The van der Waals surface area contributed by atoms with Crippen molar-refractivity contribution in [2.75, 3.05) is 5.73 Å². The molecule has 1 heterocycles. The molecule has 0 atom stereocenters. The molecule has 5 nitrogen and oxygen atoms in total. The lowest BCUT2D eigenvalue weighted by molar-refractivity contribution is 0.282. The monoisotopic (exact) mass is 405 g/mol. The van der Waals surface area contributed by atoms with Crippen molar-refractivity contribution < 1.29 is 23.4 Å². The number of nitrogens with two attached hydrogens (primary N) is 1. The van der Waals surface area contributed by atoms with Crippen LogP contribution in [0.2, 0.25) is 0 Å². The number of hydrogen-bond donors (Lipinski definition) is 4. The van der Waals surface area contributed by atoms with Gasteiger partial charge in [-0.3, -0.25) is 0 Å². The van der Waals surface area contributed by atoms with Crippen LogP contribution < -0.4 is 11.1 Å². The molecule has 1 saturated carbocycles. The van der Waals surface area contributed by atoms with E-state index in [0.29, 0.717) is 35.6 Å². The second-order valence-corrected chi connectivity index (χ2v) is 6.91. The number of nitrogens with zero attached hydrogens (tertiary/aromatic N) is 1. The van der Waals surface area contributed by atoms with Crippen LogP contribution in [-0.4, -0.2) is 21.2 Å². The number of aliphatic hydroxyl groups is 1. The van der Waals surface area contributed by atoms with Crippen molar-refractivity contribution in [2.24, 2.45) is 0 Å². The largest absolute Gasteiger partial charge is 0.505 e. The molecule has 5 N–H and O–H groups in total. The van der Waals surface area contributed by atoms with Gasteiger partial charge in [0.2, 0.25) is 0 Å². The molecule has 4 rings (SSSR count). The fourth-order valence-electron chi connectivity index (χ4n) is 3.07. The Balaban J connectivity index is 0.000000224. The number of benzene rings is 2. The summed E-state index contributed by atoms with van der Waals surface area (Å²) >= 11 is 0. The number of halogens is 3. The zero-order valence-corrected chi connectivity index (χ0v) is 15.6. The van der Waals surface area contributed by atoms with E-state index < -0.39 is 17.4 Å². The molecule has 0 spiro atoms. The molecular weight excluding hydrogens is 383 g/mol. The summed E-state index contributed by atoms with van der Waals surface area (Å²) in [5.74, 6) is -2.10. The Morgan fingerprint density at radius 1 is 1.07 bits per heavy atom. The van der Waals surface area contributed by atoms with Gasteiger partial charge in [0.25, 0.3) is 0 Å². The third kappa shape index (κ3) is 4.96. The van der Waals surface area contributed by atoms with E-state index in [1.54, 1.807) is 12.3 Å². The molecule has 0 amide bonds. The highest BCUT2D eigenvalue weighted by atomic mass is 19.1. The number of aliphatic hydroxyl groups excluding tert-OH is 1. The van der Waals surface area contributed by atoms with Crippen LogP contribution in [0, 0.1) is 17.5 Å². The van der Waals surface area contributed by atoms with Crippen molar-refractivity contribution in [3.05, 3.63) is 65.1 Å². The third-order valence-corrected chi connectivity index (χ3v) is 4.94.